The van der Waals surface area contributed by atoms with Crippen LogP contribution in [0.5, 0.6) is 5.75 Å². The van der Waals surface area contributed by atoms with Crippen molar-refractivity contribution in [2.75, 3.05) is 21.3 Å². The van der Waals surface area contributed by atoms with Gasteiger partial charge in [-0.2, -0.15) is 0 Å². The molecule has 0 spiro atoms. The number of nitrogens with zero attached hydrogens (tertiary/aromatic N) is 1. The number of benzene rings is 1. The summed E-state index contributed by atoms with van der Waals surface area (Å²) >= 11 is 0. The number of hydrogen-bond donors (Lipinski definition) is 0. The highest BCUT2D eigenvalue weighted by atomic mass is 19.1. The van der Waals surface area contributed by atoms with E-state index in [0.717, 1.165) is 11.1 Å². The predicted octanol–water partition coefficient (Wildman–Crippen LogP) is 1.47. The number of methoxy groups -OCH3 is 1. The van der Waals surface area contributed by atoms with Gasteiger partial charge in [-0.25, -0.2) is 9.45 Å². The van der Waals surface area contributed by atoms with Gasteiger partial charge < -0.3 is 4.74 Å². The third-order valence-electron chi connectivity index (χ3n) is 1.95. The lowest BCUT2D eigenvalue weighted by Gasteiger charge is -2.15. The number of amides is 1. The van der Waals surface area contributed by atoms with Gasteiger partial charge in [-0.1, -0.05) is 0 Å². The second-order valence-electron chi connectivity index (χ2n) is 2.83. The number of hydroxylamine groups is 2. The van der Waals surface area contributed by atoms with E-state index in [1.54, 1.807) is 0 Å². The first-order valence-electron chi connectivity index (χ1n) is 4.26. The molecule has 1 aromatic rings. The number of halogens is 1. The van der Waals surface area contributed by atoms with Gasteiger partial charge in [-0.15, -0.1) is 0 Å². The summed E-state index contributed by atoms with van der Waals surface area (Å²) in [6.45, 7) is 0. The van der Waals surface area contributed by atoms with Crippen molar-refractivity contribution in [3.63, 3.8) is 0 Å². The van der Waals surface area contributed by atoms with E-state index in [2.05, 4.69) is 0 Å². The van der Waals surface area contributed by atoms with E-state index in [9.17, 15) is 9.18 Å². The zero-order valence-electron chi connectivity index (χ0n) is 8.78. The highest BCUT2D eigenvalue weighted by Crippen LogP contribution is 2.20. The normalized spacial score (nSPS) is 9.87. The van der Waals surface area contributed by atoms with Gasteiger partial charge in [0.2, 0.25) is 0 Å². The summed E-state index contributed by atoms with van der Waals surface area (Å²) in [6, 6.07) is 3.70. The molecule has 0 saturated carbocycles. The largest absolute Gasteiger partial charge is 0.496 e. The molecule has 1 rings (SSSR count). The molecule has 0 aliphatic rings. The van der Waals surface area contributed by atoms with Crippen molar-refractivity contribution in [1.29, 1.82) is 0 Å². The topological polar surface area (TPSA) is 38.8 Å². The van der Waals surface area contributed by atoms with Gasteiger partial charge >= 0.3 is 0 Å². The second-order valence-corrected chi connectivity index (χ2v) is 2.83. The van der Waals surface area contributed by atoms with Crippen LogP contribution in [0.1, 0.15) is 10.4 Å². The Morgan fingerprint density at radius 2 is 2.07 bits per heavy atom. The molecular weight excluding hydrogens is 201 g/mol. The Labute approximate surface area is 87.2 Å². The average molecular weight is 213 g/mol. The van der Waals surface area contributed by atoms with Crippen LogP contribution in [-0.2, 0) is 4.84 Å². The van der Waals surface area contributed by atoms with E-state index >= 15 is 0 Å². The van der Waals surface area contributed by atoms with E-state index in [1.807, 2.05) is 0 Å². The molecule has 4 nitrogen and oxygen atoms in total. The molecule has 82 valence electrons. The fourth-order valence-corrected chi connectivity index (χ4v) is 1.09. The minimum absolute atomic E-state index is 0.184. The maximum absolute atomic E-state index is 12.8. The molecule has 5 heteroatoms. The summed E-state index contributed by atoms with van der Waals surface area (Å²) in [5.74, 6) is -0.665. The Morgan fingerprint density at radius 1 is 1.40 bits per heavy atom. The van der Waals surface area contributed by atoms with Crippen LogP contribution < -0.4 is 4.74 Å². The molecule has 0 aliphatic carbocycles. The number of carbonyl (C=O) groups is 1. The molecule has 0 bridgehead atoms. The highest BCUT2D eigenvalue weighted by Gasteiger charge is 2.16. The van der Waals surface area contributed by atoms with Crippen LogP contribution in [0.15, 0.2) is 18.2 Å². The van der Waals surface area contributed by atoms with Gasteiger partial charge in [0.25, 0.3) is 5.91 Å². The van der Waals surface area contributed by atoms with Crippen LogP contribution in [0.2, 0.25) is 0 Å². The minimum Gasteiger partial charge on any atom is -0.496 e. The van der Waals surface area contributed by atoms with Crippen molar-refractivity contribution in [3.8, 4) is 5.75 Å². The Morgan fingerprint density at radius 3 is 2.60 bits per heavy atom. The lowest BCUT2D eigenvalue weighted by molar-refractivity contribution is -0.0758. The van der Waals surface area contributed by atoms with Gasteiger partial charge in [0.05, 0.1) is 19.8 Å². The number of carbonyl (C=O) groups excluding carboxylic acids is 1. The SMILES string of the molecule is COc1cc(F)ccc1C(=O)N(C)OC. The smallest absolute Gasteiger partial charge is 0.280 e. The van der Waals surface area contributed by atoms with E-state index in [1.165, 1.54) is 33.4 Å². The van der Waals surface area contributed by atoms with E-state index in [0.29, 0.717) is 0 Å². The first-order chi connectivity index (χ1) is 7.10. The third kappa shape index (κ3) is 2.44. The van der Waals surface area contributed by atoms with Crippen LogP contribution in [-0.4, -0.2) is 32.2 Å². The van der Waals surface area contributed by atoms with Crippen molar-refractivity contribution in [3.05, 3.63) is 29.6 Å². The van der Waals surface area contributed by atoms with Crippen molar-refractivity contribution < 1.29 is 18.8 Å². The zero-order valence-corrected chi connectivity index (χ0v) is 8.78. The predicted molar refractivity (Wildman–Crippen MR) is 52.1 cm³/mol. The van der Waals surface area contributed by atoms with E-state index in [4.69, 9.17) is 9.57 Å². The maximum atomic E-state index is 12.8. The van der Waals surface area contributed by atoms with Crippen molar-refractivity contribution >= 4 is 5.91 Å². The van der Waals surface area contributed by atoms with Crippen LogP contribution in [0.25, 0.3) is 0 Å². The third-order valence-corrected chi connectivity index (χ3v) is 1.95. The molecule has 0 unspecified atom stereocenters. The Balaban J connectivity index is 3.08. The number of hydrogen-bond acceptors (Lipinski definition) is 3. The Kier molecular flexibility index (Phi) is 3.62. The summed E-state index contributed by atoms with van der Waals surface area (Å²) in [5, 5.41) is 1.04. The molecule has 0 fully saturated rings. The van der Waals surface area contributed by atoms with Crippen LogP contribution in [0.3, 0.4) is 0 Å². The summed E-state index contributed by atoms with van der Waals surface area (Å²) in [4.78, 5) is 16.4. The molecular formula is C10H12FNO3. The van der Waals surface area contributed by atoms with Gasteiger partial charge in [0.1, 0.15) is 11.6 Å². The molecule has 0 radical (unpaired) electrons. The molecule has 0 N–H and O–H groups in total. The van der Waals surface area contributed by atoms with Crippen LogP contribution in [0, 0.1) is 5.82 Å². The molecule has 0 heterocycles. The summed E-state index contributed by atoms with van der Waals surface area (Å²) < 4.78 is 17.7. The lowest BCUT2D eigenvalue weighted by Crippen LogP contribution is -2.25. The van der Waals surface area contributed by atoms with Gasteiger partial charge in [-0.3, -0.25) is 9.63 Å². The Hall–Kier alpha value is -1.62. The molecule has 0 saturated heterocycles. The zero-order chi connectivity index (χ0) is 11.4. The van der Waals surface area contributed by atoms with Gasteiger partial charge in [0.15, 0.2) is 0 Å². The molecule has 1 amide bonds. The molecule has 0 aliphatic heterocycles. The number of ether oxygens (including phenoxy) is 1. The monoisotopic (exact) mass is 213 g/mol. The summed E-state index contributed by atoms with van der Waals surface area (Å²) in [5.41, 5.74) is 0.253. The lowest BCUT2D eigenvalue weighted by atomic mass is 10.2. The van der Waals surface area contributed by atoms with Crippen molar-refractivity contribution in [2.24, 2.45) is 0 Å². The first kappa shape index (κ1) is 11.5. The summed E-state index contributed by atoms with van der Waals surface area (Å²) in [7, 11) is 4.21. The van der Waals surface area contributed by atoms with Gasteiger partial charge in [-0.05, 0) is 12.1 Å². The molecule has 0 atom stereocenters. The average Bonchev–Trinajstić information content (AvgIpc) is 2.26. The molecule has 0 aromatic heterocycles. The van der Waals surface area contributed by atoms with E-state index < -0.39 is 11.7 Å². The number of rotatable bonds is 3. The Bertz CT molecular complexity index is 368. The maximum Gasteiger partial charge on any atom is 0.280 e. The second kappa shape index (κ2) is 4.75. The van der Waals surface area contributed by atoms with Crippen molar-refractivity contribution in [1.82, 2.24) is 5.06 Å². The highest BCUT2D eigenvalue weighted by molar-refractivity contribution is 5.96. The molecule has 15 heavy (non-hydrogen) atoms. The van der Waals surface area contributed by atoms with E-state index in [-0.39, 0.29) is 11.3 Å². The molecule has 1 aromatic carbocycles. The fraction of sp³-hybridized carbons (Fsp3) is 0.300. The van der Waals surface area contributed by atoms with Crippen molar-refractivity contribution in [2.45, 2.75) is 0 Å². The fourth-order valence-electron chi connectivity index (χ4n) is 1.09. The standard InChI is InChI=1S/C10H12FNO3/c1-12(15-3)10(13)8-5-4-7(11)6-9(8)14-2/h4-6H,1-3H3. The van der Waals surface area contributed by atoms with Crippen LogP contribution >= 0.6 is 0 Å². The minimum atomic E-state index is -0.455. The van der Waals surface area contributed by atoms with Gasteiger partial charge in [0, 0.05) is 13.1 Å². The quantitative estimate of drug-likeness (QED) is 0.713. The van der Waals surface area contributed by atoms with Crippen LogP contribution in [0.4, 0.5) is 4.39 Å². The first-order valence-corrected chi connectivity index (χ1v) is 4.26. The summed E-state index contributed by atoms with van der Waals surface area (Å²) in [6.07, 6.45) is 0.